The molecule has 0 bridgehead atoms. The number of benzene rings is 2. The lowest BCUT2D eigenvalue weighted by atomic mass is 10.1. The van der Waals surface area contributed by atoms with Crippen LogP contribution in [0.1, 0.15) is 12.5 Å². The molecule has 30 heavy (non-hydrogen) atoms. The summed E-state index contributed by atoms with van der Waals surface area (Å²) in [7, 11) is 0. The molecular formula is C19H9BrF5N3O2. The minimum absolute atomic E-state index is 0.00451. The summed E-state index contributed by atoms with van der Waals surface area (Å²) in [5.41, 5.74) is -1.12. The topological polar surface area (TPSA) is 65.7 Å². The van der Waals surface area contributed by atoms with Crippen molar-refractivity contribution in [1.82, 2.24) is 0 Å². The molecule has 0 aromatic heterocycles. The third-order valence-electron chi connectivity index (χ3n) is 4.02. The van der Waals surface area contributed by atoms with Gasteiger partial charge in [0, 0.05) is 0 Å². The monoisotopic (exact) mass is 485 g/mol. The molecule has 0 saturated carbocycles. The maximum Gasteiger partial charge on any atom is 0.280 e. The van der Waals surface area contributed by atoms with E-state index in [1.807, 2.05) is 6.07 Å². The average Bonchev–Trinajstić information content (AvgIpc) is 2.98. The lowest BCUT2D eigenvalue weighted by Gasteiger charge is -2.15. The van der Waals surface area contributed by atoms with Crippen molar-refractivity contribution in [3.05, 3.63) is 62.9 Å². The summed E-state index contributed by atoms with van der Waals surface area (Å²) in [5.74, 6) is -11.7. The SMILES string of the molecule is CC1=NN(c2c(F)c(F)c(F)c(F)c2F)C(=O)/C1=C/c1ccc(OCC#N)c(Br)c1. The Hall–Kier alpha value is -3.26. The highest BCUT2D eigenvalue weighted by atomic mass is 79.9. The summed E-state index contributed by atoms with van der Waals surface area (Å²) in [6.45, 7) is 1.16. The van der Waals surface area contributed by atoms with Crippen LogP contribution in [-0.4, -0.2) is 18.2 Å². The van der Waals surface area contributed by atoms with E-state index in [0.717, 1.165) is 0 Å². The molecule has 3 rings (SSSR count). The van der Waals surface area contributed by atoms with Crippen molar-refractivity contribution >= 4 is 39.3 Å². The van der Waals surface area contributed by atoms with Gasteiger partial charge in [0.2, 0.25) is 5.82 Å². The van der Waals surface area contributed by atoms with Crippen molar-refractivity contribution in [1.29, 1.82) is 5.26 Å². The first-order valence-electron chi connectivity index (χ1n) is 8.09. The molecule has 0 fully saturated rings. The van der Waals surface area contributed by atoms with Gasteiger partial charge in [-0.25, -0.2) is 22.0 Å². The number of nitrogens with zero attached hydrogens (tertiary/aromatic N) is 3. The van der Waals surface area contributed by atoms with Crippen LogP contribution in [-0.2, 0) is 4.79 Å². The molecule has 0 radical (unpaired) electrons. The highest BCUT2D eigenvalue weighted by molar-refractivity contribution is 9.10. The third-order valence-corrected chi connectivity index (χ3v) is 4.64. The Morgan fingerprint density at radius 1 is 1.13 bits per heavy atom. The highest BCUT2D eigenvalue weighted by Gasteiger charge is 2.37. The maximum absolute atomic E-state index is 14.1. The van der Waals surface area contributed by atoms with Crippen molar-refractivity contribution in [2.24, 2.45) is 5.10 Å². The summed E-state index contributed by atoms with van der Waals surface area (Å²) in [5, 5.41) is 12.3. The molecule has 2 aromatic rings. The predicted molar refractivity (Wildman–Crippen MR) is 100 cm³/mol. The standard InChI is InChI=1S/C19H9BrF5N3O2/c1-8-10(6-9-2-3-12(11(20)7-9)30-5-4-26)19(29)28(27-8)18-16(24)14(22)13(21)15(23)17(18)25/h2-3,6-7H,5H2,1H3/b10-6+. The maximum atomic E-state index is 14.1. The highest BCUT2D eigenvalue weighted by Crippen LogP contribution is 2.34. The molecule has 0 spiro atoms. The smallest absolute Gasteiger partial charge is 0.280 e. The van der Waals surface area contributed by atoms with E-state index in [1.54, 1.807) is 6.07 Å². The van der Waals surface area contributed by atoms with Crippen LogP contribution in [0.4, 0.5) is 27.6 Å². The molecule has 1 aliphatic rings. The number of anilines is 1. The molecule has 1 aliphatic heterocycles. The van der Waals surface area contributed by atoms with Crippen molar-refractivity contribution in [2.75, 3.05) is 11.6 Å². The van der Waals surface area contributed by atoms with Crippen LogP contribution in [0.5, 0.6) is 5.75 Å². The molecule has 0 aliphatic carbocycles. The molecule has 0 N–H and O–H groups in total. The van der Waals surface area contributed by atoms with E-state index < -0.39 is 40.7 Å². The van der Waals surface area contributed by atoms with Gasteiger partial charge in [-0.2, -0.15) is 15.4 Å². The number of hydrazone groups is 1. The van der Waals surface area contributed by atoms with Gasteiger partial charge in [-0.15, -0.1) is 0 Å². The summed E-state index contributed by atoms with van der Waals surface area (Å²) in [4.78, 5) is 12.6. The summed E-state index contributed by atoms with van der Waals surface area (Å²) in [6.07, 6.45) is 1.33. The molecule has 0 atom stereocenters. The second-order valence-corrected chi connectivity index (χ2v) is 6.77. The van der Waals surface area contributed by atoms with Crippen LogP contribution in [0, 0.1) is 40.4 Å². The average molecular weight is 486 g/mol. The molecule has 1 heterocycles. The van der Waals surface area contributed by atoms with E-state index in [2.05, 4.69) is 21.0 Å². The fourth-order valence-corrected chi connectivity index (χ4v) is 3.13. The molecule has 2 aromatic carbocycles. The Balaban J connectivity index is 2.00. The minimum Gasteiger partial charge on any atom is -0.478 e. The Labute approximate surface area is 174 Å². The number of carbonyl (C=O) groups is 1. The first-order valence-corrected chi connectivity index (χ1v) is 8.89. The fourth-order valence-electron chi connectivity index (χ4n) is 2.62. The van der Waals surface area contributed by atoms with Gasteiger partial charge < -0.3 is 4.74 Å². The van der Waals surface area contributed by atoms with Gasteiger partial charge in [0.05, 0.1) is 15.8 Å². The van der Waals surface area contributed by atoms with Gasteiger partial charge in [0.15, 0.2) is 29.9 Å². The van der Waals surface area contributed by atoms with E-state index in [0.29, 0.717) is 15.8 Å². The Morgan fingerprint density at radius 3 is 2.30 bits per heavy atom. The Kier molecular flexibility index (Phi) is 5.89. The largest absolute Gasteiger partial charge is 0.478 e. The summed E-state index contributed by atoms with van der Waals surface area (Å²) < 4.78 is 74.0. The van der Waals surface area contributed by atoms with Crippen LogP contribution in [0.2, 0.25) is 0 Å². The second kappa shape index (κ2) is 8.23. The Morgan fingerprint density at radius 2 is 1.73 bits per heavy atom. The molecule has 5 nitrogen and oxygen atoms in total. The first-order chi connectivity index (χ1) is 14.2. The van der Waals surface area contributed by atoms with Crippen LogP contribution in [0.25, 0.3) is 6.08 Å². The van der Waals surface area contributed by atoms with E-state index in [4.69, 9.17) is 10.00 Å². The summed E-state index contributed by atoms with van der Waals surface area (Å²) in [6, 6.07) is 6.40. The molecular weight excluding hydrogens is 477 g/mol. The van der Waals surface area contributed by atoms with E-state index >= 15 is 0 Å². The van der Waals surface area contributed by atoms with E-state index in [9.17, 15) is 26.7 Å². The third kappa shape index (κ3) is 3.66. The zero-order valence-corrected chi connectivity index (χ0v) is 16.5. The lowest BCUT2D eigenvalue weighted by Crippen LogP contribution is -2.25. The number of ether oxygens (including phenoxy) is 1. The van der Waals surface area contributed by atoms with Gasteiger partial charge in [0.25, 0.3) is 5.91 Å². The van der Waals surface area contributed by atoms with Gasteiger partial charge in [-0.1, -0.05) is 6.07 Å². The predicted octanol–water partition coefficient (Wildman–Crippen LogP) is 4.85. The fraction of sp³-hybridized carbons (Fsp3) is 0.105. The number of amides is 1. The lowest BCUT2D eigenvalue weighted by molar-refractivity contribution is -0.114. The number of hydrogen-bond acceptors (Lipinski definition) is 4. The Bertz CT molecular complexity index is 1140. The molecule has 0 unspecified atom stereocenters. The number of nitriles is 1. The van der Waals surface area contributed by atoms with Crippen LogP contribution < -0.4 is 9.75 Å². The number of rotatable bonds is 4. The van der Waals surface area contributed by atoms with Crippen LogP contribution in [0.3, 0.4) is 0 Å². The van der Waals surface area contributed by atoms with E-state index in [-0.39, 0.29) is 22.9 Å². The zero-order chi connectivity index (χ0) is 22.2. The normalized spacial score (nSPS) is 14.9. The first kappa shape index (κ1) is 21.4. The van der Waals surface area contributed by atoms with Crippen LogP contribution >= 0.6 is 15.9 Å². The quantitative estimate of drug-likeness (QED) is 0.269. The number of halogens is 6. The molecule has 0 saturated heterocycles. The van der Waals surface area contributed by atoms with Gasteiger partial charge in [-0.3, -0.25) is 4.79 Å². The van der Waals surface area contributed by atoms with Gasteiger partial charge >= 0.3 is 0 Å². The van der Waals surface area contributed by atoms with Gasteiger partial charge in [-0.05, 0) is 46.6 Å². The molecule has 154 valence electrons. The van der Waals surface area contributed by atoms with Crippen molar-refractivity contribution < 1.29 is 31.5 Å². The van der Waals surface area contributed by atoms with Crippen molar-refractivity contribution in [3.63, 3.8) is 0 Å². The van der Waals surface area contributed by atoms with Crippen molar-refractivity contribution in [2.45, 2.75) is 6.92 Å². The van der Waals surface area contributed by atoms with Gasteiger partial charge in [0.1, 0.15) is 17.5 Å². The molecule has 11 heteroatoms. The van der Waals surface area contributed by atoms with Crippen LogP contribution in [0.15, 0.2) is 33.3 Å². The zero-order valence-electron chi connectivity index (χ0n) is 14.9. The minimum atomic E-state index is -2.33. The number of carbonyl (C=O) groups excluding carboxylic acids is 1. The second-order valence-electron chi connectivity index (χ2n) is 5.92. The number of hydrogen-bond donors (Lipinski definition) is 0. The van der Waals surface area contributed by atoms with E-state index in [1.165, 1.54) is 25.1 Å². The molecule has 1 amide bonds. The summed E-state index contributed by atoms with van der Waals surface area (Å²) >= 11 is 3.24. The van der Waals surface area contributed by atoms with Crippen molar-refractivity contribution in [3.8, 4) is 11.8 Å².